The molecule has 0 bridgehead atoms. The zero-order valence-corrected chi connectivity index (χ0v) is 15.5. The second kappa shape index (κ2) is 7.36. The fourth-order valence-corrected chi connectivity index (χ4v) is 4.62. The molecule has 4 rings (SSSR count). The van der Waals surface area contributed by atoms with Gasteiger partial charge in [0.2, 0.25) is 0 Å². The van der Waals surface area contributed by atoms with Gasteiger partial charge in [-0.2, -0.15) is 0 Å². The summed E-state index contributed by atoms with van der Waals surface area (Å²) in [6.07, 6.45) is 2.96. The predicted octanol–water partition coefficient (Wildman–Crippen LogP) is 4.15. The SMILES string of the molecule is NC(=O)Nc1cccc(C(=O)N2CCCC[C@@H]2c2nc3ccccc3s2)c1. The number of amides is 3. The van der Waals surface area contributed by atoms with Crippen LogP contribution in [0.3, 0.4) is 0 Å². The van der Waals surface area contributed by atoms with Crippen molar-refractivity contribution in [1.82, 2.24) is 9.88 Å². The van der Waals surface area contributed by atoms with Crippen LogP contribution in [0.4, 0.5) is 10.5 Å². The van der Waals surface area contributed by atoms with Crippen LogP contribution in [0.15, 0.2) is 48.5 Å². The number of piperidine rings is 1. The highest BCUT2D eigenvalue weighted by atomic mass is 32.1. The van der Waals surface area contributed by atoms with Crippen LogP contribution >= 0.6 is 11.3 Å². The lowest BCUT2D eigenvalue weighted by Crippen LogP contribution is -2.38. The van der Waals surface area contributed by atoms with E-state index in [1.54, 1.807) is 35.6 Å². The Morgan fingerprint density at radius 2 is 2.00 bits per heavy atom. The Kier molecular flexibility index (Phi) is 4.77. The van der Waals surface area contributed by atoms with Crippen molar-refractivity contribution in [2.75, 3.05) is 11.9 Å². The molecular formula is C20H20N4O2S. The van der Waals surface area contributed by atoms with E-state index in [4.69, 9.17) is 10.7 Å². The summed E-state index contributed by atoms with van der Waals surface area (Å²) in [6, 6.07) is 14.3. The molecular weight excluding hydrogens is 360 g/mol. The first-order chi connectivity index (χ1) is 13.1. The maximum Gasteiger partial charge on any atom is 0.316 e. The summed E-state index contributed by atoms with van der Waals surface area (Å²) in [5, 5.41) is 3.50. The van der Waals surface area contributed by atoms with Crippen LogP contribution in [0.5, 0.6) is 0 Å². The molecule has 0 unspecified atom stereocenters. The Hall–Kier alpha value is -2.93. The number of fused-ring (bicyclic) bond motifs is 1. The number of urea groups is 1. The second-order valence-electron chi connectivity index (χ2n) is 6.60. The maximum atomic E-state index is 13.2. The lowest BCUT2D eigenvalue weighted by atomic mass is 10.0. The number of thiazole rings is 1. The third-order valence-electron chi connectivity index (χ3n) is 4.74. The van der Waals surface area contributed by atoms with E-state index in [0.29, 0.717) is 17.8 Å². The standard InChI is InChI=1S/C20H20N4O2S/c21-20(26)22-14-7-5-6-13(12-14)19(25)24-11-4-3-9-16(24)18-23-15-8-1-2-10-17(15)27-18/h1-2,5-8,10,12,16H,3-4,9,11H2,(H3,21,22,26)/t16-/m1/s1. The number of primary amides is 1. The molecule has 27 heavy (non-hydrogen) atoms. The largest absolute Gasteiger partial charge is 0.351 e. The van der Waals surface area contributed by atoms with Gasteiger partial charge in [-0.05, 0) is 49.6 Å². The van der Waals surface area contributed by atoms with Crippen molar-refractivity contribution < 1.29 is 9.59 Å². The summed E-state index contributed by atoms with van der Waals surface area (Å²) in [5.74, 6) is -0.0490. The molecule has 1 saturated heterocycles. The number of anilines is 1. The van der Waals surface area contributed by atoms with Gasteiger partial charge >= 0.3 is 6.03 Å². The average Bonchev–Trinajstić information content (AvgIpc) is 3.11. The van der Waals surface area contributed by atoms with Gasteiger partial charge in [0.1, 0.15) is 5.01 Å². The second-order valence-corrected chi connectivity index (χ2v) is 7.66. The third-order valence-corrected chi connectivity index (χ3v) is 5.87. The molecule has 2 heterocycles. The van der Waals surface area contributed by atoms with E-state index in [-0.39, 0.29) is 11.9 Å². The number of hydrogen-bond donors (Lipinski definition) is 2. The van der Waals surface area contributed by atoms with Crippen LogP contribution in [0.1, 0.15) is 40.7 Å². The molecule has 1 aliphatic heterocycles. The number of nitrogens with zero attached hydrogens (tertiary/aromatic N) is 2. The van der Waals surface area contributed by atoms with Crippen molar-refractivity contribution >= 4 is 39.2 Å². The predicted molar refractivity (Wildman–Crippen MR) is 107 cm³/mol. The lowest BCUT2D eigenvalue weighted by Gasteiger charge is -2.34. The molecule has 0 saturated carbocycles. The van der Waals surface area contributed by atoms with Gasteiger partial charge in [0, 0.05) is 17.8 Å². The smallest absolute Gasteiger partial charge is 0.316 e. The van der Waals surface area contributed by atoms with Crippen LogP contribution in [-0.4, -0.2) is 28.4 Å². The van der Waals surface area contributed by atoms with E-state index in [1.165, 1.54) is 0 Å². The zero-order valence-electron chi connectivity index (χ0n) is 14.7. The Morgan fingerprint density at radius 3 is 2.81 bits per heavy atom. The summed E-state index contributed by atoms with van der Waals surface area (Å²) < 4.78 is 1.14. The van der Waals surface area contributed by atoms with Gasteiger partial charge in [0.25, 0.3) is 5.91 Å². The number of rotatable bonds is 3. The first-order valence-corrected chi connectivity index (χ1v) is 9.76. The minimum absolute atomic E-state index is 0.0172. The molecule has 1 fully saturated rings. The van der Waals surface area contributed by atoms with Gasteiger partial charge in [-0.3, -0.25) is 4.79 Å². The normalized spacial score (nSPS) is 17.0. The van der Waals surface area contributed by atoms with Crippen LogP contribution in [-0.2, 0) is 0 Å². The van der Waals surface area contributed by atoms with Gasteiger partial charge in [0.05, 0.1) is 16.3 Å². The molecule has 3 N–H and O–H groups in total. The Bertz CT molecular complexity index is 967. The van der Waals surface area contributed by atoms with E-state index in [1.807, 2.05) is 23.1 Å². The number of likely N-dealkylation sites (tertiary alicyclic amines) is 1. The quantitative estimate of drug-likeness (QED) is 0.715. The number of aromatic nitrogens is 1. The number of benzene rings is 2. The molecule has 138 valence electrons. The molecule has 1 atom stereocenters. The number of carbonyl (C=O) groups excluding carboxylic acids is 2. The third kappa shape index (κ3) is 3.64. The van der Waals surface area contributed by atoms with Crippen LogP contribution in [0.25, 0.3) is 10.2 Å². The summed E-state index contributed by atoms with van der Waals surface area (Å²) >= 11 is 1.65. The number of carbonyl (C=O) groups is 2. The molecule has 0 radical (unpaired) electrons. The molecule has 1 aromatic heterocycles. The molecule has 3 aromatic rings. The fourth-order valence-electron chi connectivity index (χ4n) is 3.50. The van der Waals surface area contributed by atoms with E-state index < -0.39 is 6.03 Å². The van der Waals surface area contributed by atoms with E-state index in [2.05, 4.69) is 11.4 Å². The Balaban J connectivity index is 1.64. The highest BCUT2D eigenvalue weighted by molar-refractivity contribution is 7.18. The van der Waals surface area contributed by atoms with Crippen LogP contribution in [0.2, 0.25) is 0 Å². The molecule has 2 aromatic carbocycles. The number of hydrogen-bond acceptors (Lipinski definition) is 4. The van der Waals surface area contributed by atoms with Crippen LogP contribution < -0.4 is 11.1 Å². The van der Waals surface area contributed by atoms with E-state index >= 15 is 0 Å². The Labute approximate surface area is 161 Å². The molecule has 6 nitrogen and oxygen atoms in total. The Morgan fingerprint density at radius 1 is 1.15 bits per heavy atom. The van der Waals surface area contributed by atoms with Gasteiger partial charge in [-0.1, -0.05) is 18.2 Å². The zero-order chi connectivity index (χ0) is 18.8. The number of nitrogens with two attached hydrogens (primary N) is 1. The van der Waals surface area contributed by atoms with Crippen molar-refractivity contribution in [1.29, 1.82) is 0 Å². The fraction of sp³-hybridized carbons (Fsp3) is 0.250. The molecule has 3 amide bonds. The number of para-hydroxylation sites is 1. The summed E-state index contributed by atoms with van der Waals surface area (Å²) in [7, 11) is 0. The van der Waals surface area contributed by atoms with Crippen molar-refractivity contribution in [2.24, 2.45) is 5.73 Å². The molecule has 1 aliphatic rings. The minimum Gasteiger partial charge on any atom is -0.351 e. The minimum atomic E-state index is -0.648. The first kappa shape index (κ1) is 17.5. The van der Waals surface area contributed by atoms with Gasteiger partial charge in [-0.25, -0.2) is 9.78 Å². The molecule has 0 spiro atoms. The van der Waals surface area contributed by atoms with E-state index in [0.717, 1.165) is 34.5 Å². The van der Waals surface area contributed by atoms with Gasteiger partial charge in [0.15, 0.2) is 0 Å². The monoisotopic (exact) mass is 380 g/mol. The van der Waals surface area contributed by atoms with Gasteiger partial charge < -0.3 is 16.0 Å². The topological polar surface area (TPSA) is 88.3 Å². The lowest BCUT2D eigenvalue weighted by molar-refractivity contribution is 0.0611. The number of nitrogens with one attached hydrogen (secondary N) is 1. The van der Waals surface area contributed by atoms with Gasteiger partial charge in [-0.15, -0.1) is 11.3 Å². The summed E-state index contributed by atoms with van der Waals surface area (Å²) in [6.45, 7) is 0.701. The summed E-state index contributed by atoms with van der Waals surface area (Å²) in [5.41, 5.74) is 7.20. The van der Waals surface area contributed by atoms with Crippen LogP contribution in [0, 0.1) is 0 Å². The van der Waals surface area contributed by atoms with Crippen molar-refractivity contribution in [3.05, 3.63) is 59.1 Å². The highest BCUT2D eigenvalue weighted by Crippen LogP contribution is 2.36. The van der Waals surface area contributed by atoms with Crippen molar-refractivity contribution in [3.63, 3.8) is 0 Å². The van der Waals surface area contributed by atoms with Crippen molar-refractivity contribution in [2.45, 2.75) is 25.3 Å². The average molecular weight is 380 g/mol. The summed E-state index contributed by atoms with van der Waals surface area (Å²) in [4.78, 5) is 31.0. The maximum absolute atomic E-state index is 13.2. The molecule has 0 aliphatic carbocycles. The van der Waals surface area contributed by atoms with Crippen molar-refractivity contribution in [3.8, 4) is 0 Å². The highest BCUT2D eigenvalue weighted by Gasteiger charge is 2.31. The first-order valence-electron chi connectivity index (χ1n) is 8.95. The van der Waals surface area contributed by atoms with E-state index in [9.17, 15) is 9.59 Å². The molecule has 7 heteroatoms.